The Labute approximate surface area is 142 Å². The monoisotopic (exact) mass is 331 g/mol. The third-order valence-electron chi connectivity index (χ3n) is 4.42. The fraction of sp³-hybridized carbons (Fsp3) is 0.474. The van der Waals surface area contributed by atoms with E-state index in [1.807, 2.05) is 12.1 Å². The van der Waals surface area contributed by atoms with Crippen LogP contribution in [0.4, 0.5) is 0 Å². The maximum atomic E-state index is 10.3. The SMILES string of the molecule is COc1ccc2c(c1)OCCC[C@@H]2N[C@@H](C)C[C@@H](O)c1ccco1. The van der Waals surface area contributed by atoms with E-state index in [2.05, 4.69) is 18.3 Å². The maximum absolute atomic E-state index is 10.3. The van der Waals surface area contributed by atoms with E-state index in [1.54, 1.807) is 25.5 Å². The van der Waals surface area contributed by atoms with Gasteiger partial charge in [-0.2, -0.15) is 0 Å². The molecule has 24 heavy (non-hydrogen) atoms. The van der Waals surface area contributed by atoms with Crippen LogP contribution in [0.5, 0.6) is 11.5 Å². The van der Waals surface area contributed by atoms with Gasteiger partial charge in [-0.05, 0) is 44.4 Å². The van der Waals surface area contributed by atoms with E-state index in [0.717, 1.165) is 29.9 Å². The molecule has 2 heterocycles. The van der Waals surface area contributed by atoms with Crippen molar-refractivity contribution in [3.8, 4) is 11.5 Å². The van der Waals surface area contributed by atoms with Crippen LogP contribution < -0.4 is 14.8 Å². The summed E-state index contributed by atoms with van der Waals surface area (Å²) in [6, 6.07) is 9.91. The molecule has 1 aliphatic rings. The van der Waals surface area contributed by atoms with Crippen LogP contribution in [0.25, 0.3) is 0 Å². The Hall–Kier alpha value is -1.98. The Morgan fingerprint density at radius 3 is 3.00 bits per heavy atom. The minimum atomic E-state index is -0.597. The molecule has 1 aliphatic heterocycles. The van der Waals surface area contributed by atoms with Crippen molar-refractivity contribution >= 4 is 0 Å². The van der Waals surface area contributed by atoms with Gasteiger partial charge in [0.25, 0.3) is 0 Å². The average molecular weight is 331 g/mol. The van der Waals surface area contributed by atoms with Crippen LogP contribution in [-0.2, 0) is 0 Å². The molecule has 0 aliphatic carbocycles. The first-order chi connectivity index (χ1) is 11.7. The van der Waals surface area contributed by atoms with Crippen LogP contribution in [0, 0.1) is 0 Å². The van der Waals surface area contributed by atoms with Crippen LogP contribution in [0.15, 0.2) is 41.0 Å². The first-order valence-electron chi connectivity index (χ1n) is 8.45. The summed E-state index contributed by atoms with van der Waals surface area (Å²) < 4.78 is 16.4. The van der Waals surface area contributed by atoms with Crippen molar-refractivity contribution < 1.29 is 19.0 Å². The average Bonchev–Trinajstić information content (AvgIpc) is 3.05. The summed E-state index contributed by atoms with van der Waals surface area (Å²) in [4.78, 5) is 0. The molecule has 0 saturated carbocycles. The highest BCUT2D eigenvalue weighted by atomic mass is 16.5. The molecule has 2 aromatic rings. The van der Waals surface area contributed by atoms with Gasteiger partial charge in [-0.15, -0.1) is 0 Å². The summed E-state index contributed by atoms with van der Waals surface area (Å²) in [5, 5.41) is 13.9. The van der Waals surface area contributed by atoms with Crippen LogP contribution in [0.3, 0.4) is 0 Å². The lowest BCUT2D eigenvalue weighted by Gasteiger charge is -2.24. The molecule has 0 bridgehead atoms. The quantitative estimate of drug-likeness (QED) is 0.847. The zero-order valence-corrected chi connectivity index (χ0v) is 14.2. The second kappa shape index (κ2) is 7.73. The zero-order chi connectivity index (χ0) is 16.9. The van der Waals surface area contributed by atoms with Crippen molar-refractivity contribution in [3.63, 3.8) is 0 Å². The van der Waals surface area contributed by atoms with Crippen molar-refractivity contribution in [2.24, 2.45) is 0 Å². The van der Waals surface area contributed by atoms with E-state index in [-0.39, 0.29) is 12.1 Å². The summed E-state index contributed by atoms with van der Waals surface area (Å²) in [6.07, 6.45) is 3.57. The fourth-order valence-electron chi connectivity index (χ4n) is 3.20. The highest BCUT2D eigenvalue weighted by Gasteiger charge is 2.23. The smallest absolute Gasteiger partial charge is 0.132 e. The molecule has 3 atom stereocenters. The third-order valence-corrected chi connectivity index (χ3v) is 4.42. The summed E-state index contributed by atoms with van der Waals surface area (Å²) in [7, 11) is 1.66. The van der Waals surface area contributed by atoms with Gasteiger partial charge < -0.3 is 24.3 Å². The Balaban J connectivity index is 1.68. The maximum Gasteiger partial charge on any atom is 0.132 e. The molecule has 2 N–H and O–H groups in total. The molecule has 130 valence electrons. The lowest BCUT2D eigenvalue weighted by molar-refractivity contribution is 0.126. The lowest BCUT2D eigenvalue weighted by Crippen LogP contribution is -2.31. The predicted octanol–water partition coefficient (Wildman–Crippen LogP) is 3.60. The van der Waals surface area contributed by atoms with E-state index >= 15 is 0 Å². The van der Waals surface area contributed by atoms with Crippen LogP contribution >= 0.6 is 0 Å². The number of aliphatic hydroxyl groups excluding tert-OH is 1. The van der Waals surface area contributed by atoms with Gasteiger partial charge in [0, 0.05) is 23.7 Å². The highest BCUT2D eigenvalue weighted by molar-refractivity contribution is 5.43. The Kier molecular flexibility index (Phi) is 5.43. The van der Waals surface area contributed by atoms with Crippen molar-refractivity contribution in [1.29, 1.82) is 0 Å². The number of furan rings is 1. The molecule has 0 saturated heterocycles. The number of nitrogens with one attached hydrogen (secondary N) is 1. The van der Waals surface area contributed by atoms with Gasteiger partial charge in [0.05, 0.1) is 20.0 Å². The van der Waals surface area contributed by atoms with Gasteiger partial charge in [-0.3, -0.25) is 0 Å². The Bertz CT molecular complexity index is 641. The van der Waals surface area contributed by atoms with Crippen LogP contribution in [0.2, 0.25) is 0 Å². The molecule has 0 radical (unpaired) electrons. The molecule has 5 heteroatoms. The second-order valence-electron chi connectivity index (χ2n) is 6.28. The van der Waals surface area contributed by atoms with E-state index in [4.69, 9.17) is 13.9 Å². The molecule has 1 aromatic heterocycles. The fourth-order valence-corrected chi connectivity index (χ4v) is 3.20. The predicted molar refractivity (Wildman–Crippen MR) is 91.3 cm³/mol. The molecule has 0 fully saturated rings. The summed E-state index contributed by atoms with van der Waals surface area (Å²) >= 11 is 0. The Morgan fingerprint density at radius 1 is 1.38 bits per heavy atom. The lowest BCUT2D eigenvalue weighted by atomic mass is 9.99. The molecule has 0 unspecified atom stereocenters. The number of methoxy groups -OCH3 is 1. The normalized spacial score (nSPS) is 19.7. The first kappa shape index (κ1) is 16.9. The van der Waals surface area contributed by atoms with Crippen LogP contribution in [0.1, 0.15) is 49.7 Å². The van der Waals surface area contributed by atoms with Gasteiger partial charge >= 0.3 is 0 Å². The largest absolute Gasteiger partial charge is 0.497 e. The summed E-state index contributed by atoms with van der Waals surface area (Å²) in [6.45, 7) is 2.79. The number of rotatable bonds is 6. The minimum Gasteiger partial charge on any atom is -0.497 e. The molecule has 1 aromatic carbocycles. The minimum absolute atomic E-state index is 0.142. The number of hydrogen-bond acceptors (Lipinski definition) is 5. The molecule has 0 amide bonds. The Morgan fingerprint density at radius 2 is 2.25 bits per heavy atom. The molecular weight excluding hydrogens is 306 g/mol. The first-order valence-corrected chi connectivity index (χ1v) is 8.45. The van der Waals surface area contributed by atoms with E-state index in [0.29, 0.717) is 18.8 Å². The number of benzene rings is 1. The topological polar surface area (TPSA) is 63.9 Å². The third kappa shape index (κ3) is 3.91. The van der Waals surface area contributed by atoms with Crippen molar-refractivity contribution in [2.75, 3.05) is 13.7 Å². The number of fused-ring (bicyclic) bond motifs is 1. The molecule has 5 nitrogen and oxygen atoms in total. The summed E-state index contributed by atoms with van der Waals surface area (Å²) in [5.74, 6) is 2.29. The van der Waals surface area contributed by atoms with Gasteiger partial charge in [0.15, 0.2) is 0 Å². The molecule has 0 spiro atoms. The van der Waals surface area contributed by atoms with E-state index < -0.39 is 6.10 Å². The van der Waals surface area contributed by atoms with Gasteiger partial charge in [0.2, 0.25) is 0 Å². The van der Waals surface area contributed by atoms with Crippen LogP contribution in [-0.4, -0.2) is 24.9 Å². The number of ether oxygens (including phenoxy) is 2. The highest BCUT2D eigenvalue weighted by Crippen LogP contribution is 2.35. The zero-order valence-electron chi connectivity index (χ0n) is 14.2. The summed E-state index contributed by atoms with van der Waals surface area (Å²) in [5.41, 5.74) is 1.15. The van der Waals surface area contributed by atoms with E-state index in [9.17, 15) is 5.11 Å². The molecular formula is C19H25NO4. The van der Waals surface area contributed by atoms with E-state index in [1.165, 1.54) is 0 Å². The van der Waals surface area contributed by atoms with Crippen molar-refractivity contribution in [1.82, 2.24) is 5.32 Å². The standard InChI is InChI=1S/C19H25NO4/c1-13(11-17(21)18-6-4-10-23-18)20-16-5-3-9-24-19-12-14(22-2)7-8-15(16)19/h4,6-8,10,12-13,16-17,20-21H,3,5,9,11H2,1-2H3/t13-,16-,17+/m0/s1. The second-order valence-corrected chi connectivity index (χ2v) is 6.28. The van der Waals surface area contributed by atoms with Gasteiger partial charge in [-0.25, -0.2) is 0 Å². The van der Waals surface area contributed by atoms with Gasteiger partial charge in [-0.1, -0.05) is 6.07 Å². The van der Waals surface area contributed by atoms with Gasteiger partial charge in [0.1, 0.15) is 23.4 Å². The number of aliphatic hydroxyl groups is 1. The molecule has 3 rings (SSSR count). The van der Waals surface area contributed by atoms with Crippen molar-refractivity contribution in [2.45, 2.75) is 44.4 Å². The van der Waals surface area contributed by atoms with Crippen molar-refractivity contribution in [3.05, 3.63) is 47.9 Å². The number of hydrogen-bond donors (Lipinski definition) is 2.